The van der Waals surface area contributed by atoms with Crippen LogP contribution < -0.4 is 10.5 Å². The molecule has 2 heterocycles. The third-order valence-corrected chi connectivity index (χ3v) is 4.69. The SMILES string of the molecule is Cc1ccc2c(c1)[C@H](N)CC1(CCOC(C(C)C)C1)O2. The molecule has 2 aliphatic heterocycles. The van der Waals surface area contributed by atoms with Gasteiger partial charge in [0.25, 0.3) is 0 Å². The van der Waals surface area contributed by atoms with Crippen molar-refractivity contribution in [1.82, 2.24) is 0 Å². The van der Waals surface area contributed by atoms with Crippen molar-refractivity contribution in [2.45, 2.75) is 57.8 Å². The number of fused-ring (bicyclic) bond motifs is 1. The van der Waals surface area contributed by atoms with Gasteiger partial charge in [-0.15, -0.1) is 0 Å². The number of hydrogen-bond acceptors (Lipinski definition) is 3. The van der Waals surface area contributed by atoms with Gasteiger partial charge in [-0.2, -0.15) is 0 Å². The first-order valence-corrected chi connectivity index (χ1v) is 7.66. The van der Waals surface area contributed by atoms with Crippen LogP contribution in [-0.2, 0) is 4.74 Å². The van der Waals surface area contributed by atoms with Crippen LogP contribution in [0.15, 0.2) is 18.2 Å². The zero-order valence-corrected chi connectivity index (χ0v) is 12.7. The van der Waals surface area contributed by atoms with Crippen molar-refractivity contribution in [2.24, 2.45) is 11.7 Å². The van der Waals surface area contributed by atoms with Crippen LogP contribution in [0.25, 0.3) is 0 Å². The predicted octanol–water partition coefficient (Wildman–Crippen LogP) is 3.35. The van der Waals surface area contributed by atoms with Gasteiger partial charge >= 0.3 is 0 Å². The zero-order chi connectivity index (χ0) is 14.3. The van der Waals surface area contributed by atoms with E-state index in [2.05, 4.69) is 39.0 Å². The Kier molecular flexibility index (Phi) is 3.51. The van der Waals surface area contributed by atoms with Crippen molar-refractivity contribution in [2.75, 3.05) is 6.61 Å². The van der Waals surface area contributed by atoms with Gasteiger partial charge in [0.15, 0.2) is 0 Å². The Morgan fingerprint density at radius 1 is 1.30 bits per heavy atom. The van der Waals surface area contributed by atoms with Crippen LogP contribution in [0, 0.1) is 12.8 Å². The van der Waals surface area contributed by atoms with Crippen LogP contribution >= 0.6 is 0 Å². The molecule has 2 unspecified atom stereocenters. The van der Waals surface area contributed by atoms with Crippen LogP contribution in [0.2, 0.25) is 0 Å². The van der Waals surface area contributed by atoms with E-state index in [4.69, 9.17) is 15.2 Å². The second kappa shape index (κ2) is 5.05. The number of rotatable bonds is 1. The summed E-state index contributed by atoms with van der Waals surface area (Å²) >= 11 is 0. The van der Waals surface area contributed by atoms with Crippen LogP contribution in [-0.4, -0.2) is 18.3 Å². The van der Waals surface area contributed by atoms with Crippen molar-refractivity contribution >= 4 is 0 Å². The van der Waals surface area contributed by atoms with E-state index in [0.717, 1.165) is 37.2 Å². The number of hydrogen-bond donors (Lipinski definition) is 1. The first-order chi connectivity index (χ1) is 9.49. The molecule has 1 aromatic carbocycles. The standard InChI is InChI=1S/C17H25NO2/c1-11(2)16-10-17(6-7-19-16)9-14(18)13-8-12(3)4-5-15(13)20-17/h4-5,8,11,14,16H,6-7,9-10,18H2,1-3H3/t14-,16?,17?/m1/s1. The fourth-order valence-corrected chi connectivity index (χ4v) is 3.47. The highest BCUT2D eigenvalue weighted by Gasteiger charge is 2.44. The van der Waals surface area contributed by atoms with E-state index >= 15 is 0 Å². The molecule has 1 aromatic rings. The number of aryl methyl sites for hydroxylation is 1. The van der Waals surface area contributed by atoms with Gasteiger partial charge in [-0.25, -0.2) is 0 Å². The Morgan fingerprint density at radius 2 is 2.10 bits per heavy atom. The molecule has 20 heavy (non-hydrogen) atoms. The van der Waals surface area contributed by atoms with Crippen LogP contribution in [0.5, 0.6) is 5.75 Å². The van der Waals surface area contributed by atoms with Crippen molar-refractivity contribution in [1.29, 1.82) is 0 Å². The van der Waals surface area contributed by atoms with Gasteiger partial charge in [0, 0.05) is 30.9 Å². The fraction of sp³-hybridized carbons (Fsp3) is 0.647. The van der Waals surface area contributed by atoms with E-state index in [-0.39, 0.29) is 17.7 Å². The normalized spacial score (nSPS) is 33.0. The zero-order valence-electron chi connectivity index (χ0n) is 12.7. The summed E-state index contributed by atoms with van der Waals surface area (Å²) in [7, 11) is 0. The fourth-order valence-electron chi connectivity index (χ4n) is 3.47. The molecular weight excluding hydrogens is 250 g/mol. The quantitative estimate of drug-likeness (QED) is 0.855. The van der Waals surface area contributed by atoms with Crippen LogP contribution in [0.1, 0.15) is 50.3 Å². The lowest BCUT2D eigenvalue weighted by Gasteiger charge is -2.46. The Bertz CT molecular complexity index is 500. The molecule has 0 bridgehead atoms. The second-order valence-electron chi connectivity index (χ2n) is 6.74. The van der Waals surface area contributed by atoms with E-state index in [1.165, 1.54) is 5.56 Å². The maximum absolute atomic E-state index is 6.42. The molecule has 3 rings (SSSR count). The largest absolute Gasteiger partial charge is 0.487 e. The van der Waals surface area contributed by atoms with E-state index in [1.54, 1.807) is 0 Å². The van der Waals surface area contributed by atoms with E-state index < -0.39 is 0 Å². The average molecular weight is 275 g/mol. The Hall–Kier alpha value is -1.06. The number of benzene rings is 1. The molecule has 2 N–H and O–H groups in total. The summed E-state index contributed by atoms with van der Waals surface area (Å²) in [6.45, 7) is 7.30. The lowest BCUT2D eigenvalue weighted by atomic mass is 9.78. The molecule has 0 amide bonds. The van der Waals surface area contributed by atoms with Gasteiger partial charge < -0.3 is 15.2 Å². The second-order valence-corrected chi connectivity index (χ2v) is 6.74. The minimum Gasteiger partial charge on any atom is -0.487 e. The highest BCUT2D eigenvalue weighted by Crippen LogP contribution is 2.45. The molecule has 0 aliphatic carbocycles. The van der Waals surface area contributed by atoms with Crippen LogP contribution in [0.4, 0.5) is 0 Å². The average Bonchev–Trinajstić information content (AvgIpc) is 2.40. The van der Waals surface area contributed by atoms with Gasteiger partial charge in [0.2, 0.25) is 0 Å². The van der Waals surface area contributed by atoms with Crippen LogP contribution in [0.3, 0.4) is 0 Å². The smallest absolute Gasteiger partial charge is 0.124 e. The van der Waals surface area contributed by atoms with Gasteiger partial charge in [-0.3, -0.25) is 0 Å². The maximum Gasteiger partial charge on any atom is 0.124 e. The molecule has 1 spiro atoms. The van der Waals surface area contributed by atoms with E-state index in [9.17, 15) is 0 Å². The first-order valence-electron chi connectivity index (χ1n) is 7.66. The minimum atomic E-state index is -0.130. The molecule has 0 radical (unpaired) electrons. The van der Waals surface area contributed by atoms with Gasteiger partial charge in [-0.05, 0) is 18.9 Å². The minimum absolute atomic E-state index is 0.0737. The molecule has 1 fully saturated rings. The lowest BCUT2D eigenvalue weighted by molar-refractivity contribution is -0.115. The Balaban J connectivity index is 1.88. The topological polar surface area (TPSA) is 44.5 Å². The monoisotopic (exact) mass is 275 g/mol. The molecule has 0 aromatic heterocycles. The predicted molar refractivity (Wildman–Crippen MR) is 79.9 cm³/mol. The molecule has 3 atom stereocenters. The first kappa shape index (κ1) is 13.9. The summed E-state index contributed by atoms with van der Waals surface area (Å²) in [5.41, 5.74) is 8.69. The molecule has 3 heteroatoms. The highest BCUT2D eigenvalue weighted by atomic mass is 16.5. The summed E-state index contributed by atoms with van der Waals surface area (Å²) in [5.74, 6) is 1.49. The third-order valence-electron chi connectivity index (χ3n) is 4.69. The summed E-state index contributed by atoms with van der Waals surface area (Å²) in [5, 5.41) is 0. The lowest BCUT2D eigenvalue weighted by Crippen LogP contribution is -2.50. The highest BCUT2D eigenvalue weighted by molar-refractivity contribution is 5.41. The third kappa shape index (κ3) is 2.45. The summed E-state index contributed by atoms with van der Waals surface area (Å²) in [4.78, 5) is 0. The van der Waals surface area contributed by atoms with Crippen molar-refractivity contribution in [3.63, 3.8) is 0 Å². The van der Waals surface area contributed by atoms with Crippen molar-refractivity contribution in [3.8, 4) is 5.75 Å². The molecule has 110 valence electrons. The maximum atomic E-state index is 6.42. The van der Waals surface area contributed by atoms with E-state index in [0.29, 0.717) is 5.92 Å². The summed E-state index contributed by atoms with van der Waals surface area (Å²) in [6, 6.07) is 6.41. The van der Waals surface area contributed by atoms with E-state index in [1.807, 2.05) is 0 Å². The molecule has 2 aliphatic rings. The van der Waals surface area contributed by atoms with Gasteiger partial charge in [0.1, 0.15) is 11.4 Å². The Labute approximate surface area is 121 Å². The Morgan fingerprint density at radius 3 is 2.85 bits per heavy atom. The number of ether oxygens (including phenoxy) is 2. The molecule has 0 saturated carbocycles. The summed E-state index contributed by atoms with van der Waals surface area (Å²) < 4.78 is 12.3. The van der Waals surface area contributed by atoms with Crippen molar-refractivity contribution in [3.05, 3.63) is 29.3 Å². The van der Waals surface area contributed by atoms with Gasteiger partial charge in [0.05, 0.1) is 12.7 Å². The molecule has 3 nitrogen and oxygen atoms in total. The molecule has 1 saturated heterocycles. The summed E-state index contributed by atoms with van der Waals surface area (Å²) in [6.07, 6.45) is 3.07. The van der Waals surface area contributed by atoms with Gasteiger partial charge in [-0.1, -0.05) is 31.5 Å². The van der Waals surface area contributed by atoms with Crippen molar-refractivity contribution < 1.29 is 9.47 Å². The molecular formula is C17H25NO2. The number of nitrogens with two attached hydrogens (primary N) is 1.